The van der Waals surface area contributed by atoms with Crippen LogP contribution in [0.15, 0.2) is 62.9 Å². The molecule has 2 aromatic carbocycles. The van der Waals surface area contributed by atoms with Crippen molar-refractivity contribution >= 4 is 45.4 Å². The lowest BCUT2D eigenvalue weighted by Gasteiger charge is -2.08. The van der Waals surface area contributed by atoms with E-state index in [-0.39, 0.29) is 5.91 Å². The van der Waals surface area contributed by atoms with E-state index in [1.807, 2.05) is 41.9 Å². The van der Waals surface area contributed by atoms with Crippen molar-refractivity contribution in [1.82, 2.24) is 9.55 Å². The topological polar surface area (TPSA) is 77.1 Å². The second kappa shape index (κ2) is 6.92. The van der Waals surface area contributed by atoms with Crippen LogP contribution in [0.1, 0.15) is 12.5 Å². The van der Waals surface area contributed by atoms with E-state index in [1.165, 1.54) is 13.0 Å². The van der Waals surface area contributed by atoms with Crippen LogP contribution < -0.4 is 10.9 Å². The van der Waals surface area contributed by atoms with Gasteiger partial charge in [-0.1, -0.05) is 23.9 Å². The number of hydrogen-bond donors (Lipinski definition) is 1. The normalized spacial score (nSPS) is 11.2. The van der Waals surface area contributed by atoms with Gasteiger partial charge in [0.25, 0.3) is 0 Å². The van der Waals surface area contributed by atoms with Crippen LogP contribution in [0.25, 0.3) is 22.0 Å². The number of nitrogens with zero attached hydrogens (tertiary/aromatic N) is 2. The zero-order valence-corrected chi connectivity index (χ0v) is 15.7. The highest BCUT2D eigenvalue weighted by Crippen LogP contribution is 2.29. The molecule has 4 rings (SSSR count). The van der Waals surface area contributed by atoms with Crippen molar-refractivity contribution < 1.29 is 9.21 Å². The fourth-order valence-corrected chi connectivity index (χ4v) is 4.00. The Morgan fingerprint density at radius 1 is 1.22 bits per heavy atom. The molecule has 27 heavy (non-hydrogen) atoms. The third-order valence-corrected chi connectivity index (χ3v) is 5.33. The molecule has 0 radical (unpaired) electrons. The Balaban J connectivity index is 1.67. The predicted molar refractivity (Wildman–Crippen MR) is 107 cm³/mol. The van der Waals surface area contributed by atoms with Gasteiger partial charge in [0.15, 0.2) is 5.16 Å². The highest BCUT2D eigenvalue weighted by Gasteiger charge is 2.11. The van der Waals surface area contributed by atoms with Gasteiger partial charge in [0.1, 0.15) is 5.58 Å². The van der Waals surface area contributed by atoms with E-state index in [1.54, 1.807) is 23.9 Å². The molecule has 0 unspecified atom stereocenters. The summed E-state index contributed by atoms with van der Waals surface area (Å²) in [5.41, 5.74) is 3.51. The Hall–Kier alpha value is -3.06. The third kappa shape index (κ3) is 3.46. The van der Waals surface area contributed by atoms with Crippen LogP contribution in [0.3, 0.4) is 0 Å². The first-order chi connectivity index (χ1) is 13.0. The predicted octanol–water partition coefficient (Wildman–Crippen LogP) is 3.93. The van der Waals surface area contributed by atoms with Crippen molar-refractivity contribution in [3.05, 3.63) is 64.5 Å². The molecule has 0 saturated carbocycles. The highest BCUT2D eigenvalue weighted by atomic mass is 32.2. The Morgan fingerprint density at radius 2 is 2.04 bits per heavy atom. The quantitative estimate of drug-likeness (QED) is 0.429. The summed E-state index contributed by atoms with van der Waals surface area (Å²) in [4.78, 5) is 27.9. The van der Waals surface area contributed by atoms with E-state index in [9.17, 15) is 9.59 Å². The number of benzene rings is 2. The van der Waals surface area contributed by atoms with Gasteiger partial charge in [-0.2, -0.15) is 0 Å². The van der Waals surface area contributed by atoms with Gasteiger partial charge >= 0.3 is 5.63 Å². The summed E-state index contributed by atoms with van der Waals surface area (Å²) in [5.74, 6) is 0.406. The molecule has 2 heterocycles. The minimum atomic E-state index is -0.414. The first-order valence-electron chi connectivity index (χ1n) is 8.40. The smallest absolute Gasteiger partial charge is 0.336 e. The molecule has 4 aromatic rings. The molecule has 0 spiro atoms. The molecule has 0 aliphatic carbocycles. The number of imidazole rings is 1. The largest absolute Gasteiger partial charge is 0.423 e. The van der Waals surface area contributed by atoms with Crippen molar-refractivity contribution in [3.8, 4) is 0 Å². The maximum Gasteiger partial charge on any atom is 0.336 e. The average molecular weight is 379 g/mol. The number of carbonyl (C=O) groups excluding carboxylic acids is 1. The highest BCUT2D eigenvalue weighted by molar-refractivity contribution is 7.98. The van der Waals surface area contributed by atoms with Gasteiger partial charge in [-0.15, -0.1) is 0 Å². The standard InChI is InChI=1S/C20H17N3O3S/c1-12(24)21-14-7-8-15-13(9-19(25)26-18(15)10-14)11-27-20-22-16-5-3-4-6-17(16)23(20)2/h3-10H,11H2,1-2H3,(H,21,24). The lowest BCUT2D eigenvalue weighted by Crippen LogP contribution is -2.06. The van der Waals surface area contributed by atoms with Crippen LogP contribution in [0.2, 0.25) is 0 Å². The molecule has 7 heteroatoms. The average Bonchev–Trinajstić information content (AvgIpc) is 2.95. The molecule has 1 amide bonds. The van der Waals surface area contributed by atoms with E-state index in [4.69, 9.17) is 4.42 Å². The van der Waals surface area contributed by atoms with Gasteiger partial charge in [-0.25, -0.2) is 9.78 Å². The molecule has 6 nitrogen and oxygen atoms in total. The second-order valence-electron chi connectivity index (χ2n) is 6.21. The van der Waals surface area contributed by atoms with Crippen LogP contribution in [-0.2, 0) is 17.6 Å². The first-order valence-corrected chi connectivity index (χ1v) is 9.38. The number of carbonyl (C=O) groups is 1. The number of rotatable bonds is 4. The van der Waals surface area contributed by atoms with Gasteiger partial charge < -0.3 is 14.3 Å². The van der Waals surface area contributed by atoms with Crippen molar-refractivity contribution in [1.29, 1.82) is 0 Å². The lowest BCUT2D eigenvalue weighted by molar-refractivity contribution is -0.114. The van der Waals surface area contributed by atoms with Gasteiger partial charge in [0.2, 0.25) is 5.91 Å². The van der Waals surface area contributed by atoms with Gasteiger partial charge in [0.05, 0.1) is 11.0 Å². The van der Waals surface area contributed by atoms with Crippen molar-refractivity contribution in [2.75, 3.05) is 5.32 Å². The molecule has 1 N–H and O–H groups in total. The summed E-state index contributed by atoms with van der Waals surface area (Å²) in [6, 6.07) is 14.8. The Labute approximate surface area is 159 Å². The molecular weight excluding hydrogens is 362 g/mol. The molecule has 2 aromatic heterocycles. The molecule has 0 bridgehead atoms. The third-order valence-electron chi connectivity index (χ3n) is 4.25. The van der Waals surface area contributed by atoms with Crippen LogP contribution in [0.5, 0.6) is 0 Å². The van der Waals surface area contributed by atoms with Crippen molar-refractivity contribution in [2.24, 2.45) is 7.05 Å². The summed E-state index contributed by atoms with van der Waals surface area (Å²) < 4.78 is 7.36. The lowest BCUT2D eigenvalue weighted by atomic mass is 10.1. The zero-order chi connectivity index (χ0) is 19.0. The maximum atomic E-state index is 12.0. The number of anilines is 1. The maximum absolute atomic E-state index is 12.0. The first kappa shape index (κ1) is 17.4. The minimum absolute atomic E-state index is 0.176. The molecule has 0 aliphatic heterocycles. The van der Waals surface area contributed by atoms with Crippen LogP contribution in [-0.4, -0.2) is 15.5 Å². The van der Waals surface area contributed by atoms with Crippen molar-refractivity contribution in [2.45, 2.75) is 17.8 Å². The van der Waals surface area contributed by atoms with E-state index in [0.717, 1.165) is 27.1 Å². The van der Waals surface area contributed by atoms with Crippen LogP contribution in [0, 0.1) is 0 Å². The van der Waals surface area contributed by atoms with Gasteiger partial charge in [-0.3, -0.25) is 4.79 Å². The van der Waals surface area contributed by atoms with Crippen LogP contribution in [0.4, 0.5) is 5.69 Å². The number of hydrogen-bond acceptors (Lipinski definition) is 5. The number of para-hydroxylation sites is 2. The Bertz CT molecular complexity index is 1230. The molecule has 0 aliphatic rings. The van der Waals surface area contributed by atoms with Crippen molar-refractivity contribution in [3.63, 3.8) is 0 Å². The summed E-state index contributed by atoms with van der Waals surface area (Å²) in [6.45, 7) is 1.43. The monoisotopic (exact) mass is 379 g/mol. The second-order valence-corrected chi connectivity index (χ2v) is 7.16. The van der Waals surface area contributed by atoms with E-state index in [2.05, 4.69) is 10.3 Å². The summed E-state index contributed by atoms with van der Waals surface area (Å²) in [5, 5.41) is 4.42. The number of aryl methyl sites for hydroxylation is 1. The van der Waals surface area contributed by atoms with Crippen LogP contribution >= 0.6 is 11.8 Å². The van der Waals surface area contributed by atoms with E-state index < -0.39 is 5.63 Å². The molecule has 0 fully saturated rings. The number of thioether (sulfide) groups is 1. The molecule has 136 valence electrons. The molecule has 0 saturated heterocycles. The fourth-order valence-electron chi connectivity index (χ4n) is 3.03. The molecular formula is C20H17N3O3S. The van der Waals surface area contributed by atoms with Gasteiger partial charge in [0, 0.05) is 42.9 Å². The number of fused-ring (bicyclic) bond motifs is 2. The summed E-state index contributed by atoms with van der Waals surface area (Å²) in [6.07, 6.45) is 0. The summed E-state index contributed by atoms with van der Waals surface area (Å²) >= 11 is 1.57. The Morgan fingerprint density at radius 3 is 2.81 bits per heavy atom. The van der Waals surface area contributed by atoms with E-state index in [0.29, 0.717) is 17.0 Å². The molecule has 0 atom stereocenters. The van der Waals surface area contributed by atoms with E-state index >= 15 is 0 Å². The zero-order valence-electron chi connectivity index (χ0n) is 14.9. The number of aromatic nitrogens is 2. The SMILES string of the molecule is CC(=O)Nc1ccc2c(CSc3nc4ccccc4n3C)cc(=O)oc2c1. The minimum Gasteiger partial charge on any atom is -0.423 e. The van der Waals surface area contributed by atoms with Gasteiger partial charge in [-0.05, 0) is 29.8 Å². The number of amides is 1. The Kier molecular flexibility index (Phi) is 4.45. The summed E-state index contributed by atoms with van der Waals surface area (Å²) in [7, 11) is 1.98. The number of nitrogens with one attached hydrogen (secondary N) is 1. The fraction of sp³-hybridized carbons (Fsp3) is 0.150.